The molecule has 0 amide bonds. The number of hydrogen-bond acceptors (Lipinski definition) is 1. The van der Waals surface area contributed by atoms with E-state index in [2.05, 4.69) is 6.92 Å². The first-order valence-corrected chi connectivity index (χ1v) is 11.5. The molecule has 0 aromatic heterocycles. The van der Waals surface area contributed by atoms with Crippen LogP contribution in [0.4, 0.5) is 0 Å². The third-order valence-electron chi connectivity index (χ3n) is 9.69. The predicted molar refractivity (Wildman–Crippen MR) is 100 cm³/mol. The lowest BCUT2D eigenvalue weighted by Gasteiger charge is -2.60. The molecule has 0 aromatic carbocycles. The van der Waals surface area contributed by atoms with Crippen molar-refractivity contribution in [2.75, 3.05) is 0 Å². The maximum atomic E-state index is 6.73. The molecule has 5 aliphatic rings. The molecule has 0 heterocycles. The average molecular weight is 330 g/mol. The molecule has 10 atom stereocenters. The van der Waals surface area contributed by atoms with Crippen molar-refractivity contribution in [2.24, 2.45) is 59.0 Å². The lowest BCUT2D eigenvalue weighted by molar-refractivity contribution is -0.111. The fraction of sp³-hybridized carbons (Fsp3) is 1.00. The van der Waals surface area contributed by atoms with Gasteiger partial charge in [0.2, 0.25) is 0 Å². The molecule has 10 unspecified atom stereocenters. The van der Waals surface area contributed by atoms with Crippen molar-refractivity contribution in [1.29, 1.82) is 0 Å². The van der Waals surface area contributed by atoms with Gasteiger partial charge in [0.1, 0.15) is 0 Å². The normalized spacial score (nSPS) is 57.2. The second kappa shape index (κ2) is 6.29. The molecule has 5 fully saturated rings. The fourth-order valence-corrected chi connectivity index (χ4v) is 8.85. The van der Waals surface area contributed by atoms with Gasteiger partial charge in [-0.1, -0.05) is 32.6 Å². The molecule has 0 aromatic rings. The van der Waals surface area contributed by atoms with Crippen molar-refractivity contribution in [3.8, 4) is 0 Å². The van der Waals surface area contributed by atoms with Crippen LogP contribution < -0.4 is 5.73 Å². The predicted octanol–water partition coefficient (Wildman–Crippen LogP) is 5.63. The highest BCUT2D eigenvalue weighted by Gasteiger charge is 2.54. The summed E-state index contributed by atoms with van der Waals surface area (Å²) in [6.07, 6.45) is 18.3. The highest BCUT2D eigenvalue weighted by Crippen LogP contribution is 2.62. The van der Waals surface area contributed by atoms with Crippen LogP contribution in [0.25, 0.3) is 0 Å². The quantitative estimate of drug-likeness (QED) is 0.663. The van der Waals surface area contributed by atoms with Crippen LogP contribution in [0.1, 0.15) is 84.0 Å². The molecule has 24 heavy (non-hydrogen) atoms. The van der Waals surface area contributed by atoms with Crippen molar-refractivity contribution >= 4 is 0 Å². The van der Waals surface area contributed by atoms with Gasteiger partial charge in [0.25, 0.3) is 0 Å². The Bertz CT molecular complexity index is 453. The van der Waals surface area contributed by atoms with Crippen molar-refractivity contribution in [2.45, 2.75) is 90.0 Å². The van der Waals surface area contributed by atoms with E-state index in [0.29, 0.717) is 6.04 Å². The zero-order valence-electron chi connectivity index (χ0n) is 15.8. The lowest BCUT2D eigenvalue weighted by atomic mass is 9.45. The molecular formula is C23H39N. The van der Waals surface area contributed by atoms with E-state index in [1.54, 1.807) is 51.4 Å². The van der Waals surface area contributed by atoms with Crippen LogP contribution >= 0.6 is 0 Å². The van der Waals surface area contributed by atoms with Gasteiger partial charge in [0.05, 0.1) is 0 Å². The highest BCUT2D eigenvalue weighted by atomic mass is 14.7. The summed E-state index contributed by atoms with van der Waals surface area (Å²) in [6.45, 7) is 2.42. The van der Waals surface area contributed by atoms with Gasteiger partial charge < -0.3 is 5.73 Å². The summed E-state index contributed by atoms with van der Waals surface area (Å²) in [5.41, 5.74) is 6.73. The van der Waals surface area contributed by atoms with Gasteiger partial charge in [-0.3, -0.25) is 0 Å². The Morgan fingerprint density at radius 3 is 1.88 bits per heavy atom. The molecule has 5 saturated carbocycles. The monoisotopic (exact) mass is 329 g/mol. The molecule has 2 N–H and O–H groups in total. The molecule has 0 radical (unpaired) electrons. The van der Waals surface area contributed by atoms with E-state index >= 15 is 0 Å². The zero-order chi connectivity index (χ0) is 16.3. The van der Waals surface area contributed by atoms with Crippen LogP contribution in [0.5, 0.6) is 0 Å². The van der Waals surface area contributed by atoms with Gasteiger partial charge in [0, 0.05) is 6.04 Å². The average Bonchev–Trinajstić information content (AvgIpc) is 2.60. The number of nitrogens with two attached hydrogens (primary N) is 1. The highest BCUT2D eigenvalue weighted by molar-refractivity contribution is 5.04. The van der Waals surface area contributed by atoms with Crippen LogP contribution in [-0.4, -0.2) is 6.04 Å². The number of hydrogen-bond donors (Lipinski definition) is 1. The first kappa shape index (κ1) is 16.2. The van der Waals surface area contributed by atoms with Gasteiger partial charge in [-0.25, -0.2) is 0 Å². The summed E-state index contributed by atoms with van der Waals surface area (Å²) in [6, 6.07) is 0.513. The Labute approximate surface area is 149 Å². The van der Waals surface area contributed by atoms with Gasteiger partial charge in [-0.15, -0.1) is 0 Å². The summed E-state index contributed by atoms with van der Waals surface area (Å²) >= 11 is 0. The van der Waals surface area contributed by atoms with Crippen LogP contribution in [-0.2, 0) is 0 Å². The first-order chi connectivity index (χ1) is 11.7. The topological polar surface area (TPSA) is 26.0 Å². The maximum Gasteiger partial charge on any atom is 0.00724 e. The second-order valence-corrected chi connectivity index (χ2v) is 10.7. The van der Waals surface area contributed by atoms with E-state index < -0.39 is 0 Å². The van der Waals surface area contributed by atoms with Crippen molar-refractivity contribution in [3.63, 3.8) is 0 Å². The van der Waals surface area contributed by atoms with E-state index in [-0.39, 0.29) is 0 Å². The zero-order valence-corrected chi connectivity index (χ0v) is 15.8. The summed E-state index contributed by atoms with van der Waals surface area (Å²) in [7, 11) is 0. The molecule has 0 aliphatic heterocycles. The van der Waals surface area contributed by atoms with Crippen molar-refractivity contribution in [1.82, 2.24) is 0 Å². The Morgan fingerprint density at radius 1 is 0.583 bits per heavy atom. The molecule has 5 aliphatic carbocycles. The Morgan fingerprint density at radius 2 is 1.17 bits per heavy atom. The maximum absolute atomic E-state index is 6.73. The van der Waals surface area contributed by atoms with Gasteiger partial charge >= 0.3 is 0 Å². The third-order valence-corrected chi connectivity index (χ3v) is 9.69. The standard InChI is InChI=1S/C23H39N/c1-14-5-10-19(21(24)13-14)18-11-8-17-7-6-15-3-2-4-16-9-12-20(18)23(17)22(15)16/h14-23H,2-13,24H2,1H3. The van der Waals surface area contributed by atoms with Crippen LogP contribution in [0.15, 0.2) is 0 Å². The van der Waals surface area contributed by atoms with Crippen molar-refractivity contribution < 1.29 is 0 Å². The van der Waals surface area contributed by atoms with Crippen molar-refractivity contribution in [3.05, 3.63) is 0 Å². The molecule has 136 valence electrons. The lowest BCUT2D eigenvalue weighted by Crippen LogP contribution is -2.54. The largest absolute Gasteiger partial charge is 0.327 e. The first-order valence-electron chi connectivity index (χ1n) is 11.5. The van der Waals surface area contributed by atoms with Gasteiger partial charge in [-0.2, -0.15) is 0 Å². The van der Waals surface area contributed by atoms with E-state index in [1.807, 2.05) is 0 Å². The summed E-state index contributed by atoms with van der Waals surface area (Å²) in [5.74, 6) is 9.40. The third kappa shape index (κ3) is 2.51. The molecule has 0 spiro atoms. The van der Waals surface area contributed by atoms with E-state index in [1.165, 1.54) is 25.7 Å². The van der Waals surface area contributed by atoms with E-state index in [0.717, 1.165) is 53.3 Å². The van der Waals surface area contributed by atoms with Crippen LogP contribution in [0.3, 0.4) is 0 Å². The van der Waals surface area contributed by atoms with E-state index in [4.69, 9.17) is 5.73 Å². The minimum atomic E-state index is 0.513. The second-order valence-electron chi connectivity index (χ2n) is 10.7. The molecule has 1 heteroatoms. The Hall–Kier alpha value is -0.0400. The minimum absolute atomic E-state index is 0.513. The molecule has 0 saturated heterocycles. The smallest absolute Gasteiger partial charge is 0.00724 e. The Kier molecular flexibility index (Phi) is 4.23. The molecule has 0 bridgehead atoms. The van der Waals surface area contributed by atoms with E-state index in [9.17, 15) is 0 Å². The summed E-state index contributed by atoms with van der Waals surface area (Å²) in [5, 5.41) is 0. The summed E-state index contributed by atoms with van der Waals surface area (Å²) in [4.78, 5) is 0. The molecular weight excluding hydrogens is 290 g/mol. The van der Waals surface area contributed by atoms with Gasteiger partial charge in [0.15, 0.2) is 0 Å². The summed E-state index contributed by atoms with van der Waals surface area (Å²) < 4.78 is 0. The fourth-order valence-electron chi connectivity index (χ4n) is 8.85. The Balaban J connectivity index is 1.40. The van der Waals surface area contributed by atoms with Crippen LogP contribution in [0.2, 0.25) is 0 Å². The minimum Gasteiger partial charge on any atom is -0.327 e. The SMILES string of the molecule is CC1CCC(C2CCC3CCC4CCCC5CCC2C3C45)C(N)C1. The molecule has 1 nitrogen and oxygen atoms in total. The van der Waals surface area contributed by atoms with Crippen LogP contribution in [0, 0.1) is 53.3 Å². The number of rotatable bonds is 1. The molecule has 5 rings (SSSR count). The van der Waals surface area contributed by atoms with Gasteiger partial charge in [-0.05, 0) is 105 Å².